The molecule has 0 saturated carbocycles. The molecular weight excluding hydrogens is 116 g/mol. The number of rotatable bonds is 1. The quantitative estimate of drug-likeness (QED) is 0.401. The van der Waals surface area contributed by atoms with Crippen molar-refractivity contribution < 1.29 is 0 Å². The molecule has 1 fully saturated rings. The Morgan fingerprint density at radius 1 is 1.11 bits per heavy atom. The van der Waals surface area contributed by atoms with E-state index >= 15 is 0 Å². The molecule has 0 aromatic heterocycles. The zero-order valence-electron chi connectivity index (χ0n) is 6.28. The first kappa shape index (κ1) is 8.84. The van der Waals surface area contributed by atoms with E-state index in [1.165, 1.54) is 0 Å². The van der Waals surface area contributed by atoms with Crippen LogP contribution >= 0.6 is 0 Å². The van der Waals surface area contributed by atoms with E-state index in [0.29, 0.717) is 6.17 Å². The zero-order valence-corrected chi connectivity index (χ0v) is 6.28. The van der Waals surface area contributed by atoms with Gasteiger partial charge in [0.05, 0.1) is 6.17 Å². The average molecular weight is 132 g/mol. The van der Waals surface area contributed by atoms with Crippen molar-refractivity contribution in [2.75, 3.05) is 0 Å². The minimum atomic E-state index is 0.375. The summed E-state index contributed by atoms with van der Waals surface area (Å²) in [7, 11) is 0. The molecule has 56 valence electrons. The van der Waals surface area contributed by atoms with Gasteiger partial charge < -0.3 is 0 Å². The Hall–Kier alpha value is -0.160. The Balaban J connectivity index is 0.000000291. The first-order valence-electron chi connectivity index (χ1n) is 3.44. The van der Waals surface area contributed by atoms with Crippen LogP contribution in [-0.4, -0.2) is 6.17 Å². The minimum Gasteiger partial charge on any atom is -0.225 e. The van der Waals surface area contributed by atoms with Gasteiger partial charge in [0.25, 0.3) is 0 Å². The van der Waals surface area contributed by atoms with Crippen LogP contribution in [0.15, 0.2) is 0 Å². The predicted molar refractivity (Wildman–Crippen MR) is 38.0 cm³/mol. The van der Waals surface area contributed by atoms with Gasteiger partial charge in [-0.1, -0.05) is 20.8 Å². The second-order valence-corrected chi connectivity index (χ2v) is 1.50. The summed E-state index contributed by atoms with van der Waals surface area (Å²) in [6.45, 7) is 6.10. The smallest absolute Gasteiger partial charge is 0.0856 e. The molecule has 0 aromatic carbocycles. The van der Waals surface area contributed by atoms with Crippen molar-refractivity contribution in [3.8, 4) is 0 Å². The van der Waals surface area contributed by atoms with Crippen LogP contribution in [0.25, 0.3) is 0 Å². The second kappa shape index (κ2) is 5.97. The first-order chi connectivity index (χ1) is 4.43. The van der Waals surface area contributed by atoms with Crippen molar-refractivity contribution in [2.45, 2.75) is 33.4 Å². The van der Waals surface area contributed by atoms with Crippen molar-refractivity contribution in [3.05, 3.63) is 0 Å². The third-order valence-corrected chi connectivity index (χ3v) is 0.964. The maximum atomic E-state index is 2.93. The summed E-state index contributed by atoms with van der Waals surface area (Å²) in [5.74, 6) is 0. The van der Waals surface area contributed by atoms with Crippen LogP contribution in [0.5, 0.6) is 0 Å². The second-order valence-electron chi connectivity index (χ2n) is 1.50. The fourth-order valence-corrected chi connectivity index (χ4v) is 0.487. The van der Waals surface area contributed by atoms with Gasteiger partial charge >= 0.3 is 0 Å². The van der Waals surface area contributed by atoms with Crippen LogP contribution in [0.4, 0.5) is 0 Å². The summed E-state index contributed by atoms with van der Waals surface area (Å²) in [6.07, 6.45) is 1.44. The number of hydrogen-bond donors (Lipinski definition) is 4. The van der Waals surface area contributed by atoms with Crippen molar-refractivity contribution in [3.63, 3.8) is 0 Å². The molecular formula is C5H16N4. The highest BCUT2D eigenvalue weighted by Gasteiger charge is 2.06. The monoisotopic (exact) mass is 132 g/mol. The highest BCUT2D eigenvalue weighted by atomic mass is 15.8. The van der Waals surface area contributed by atoms with E-state index in [1.807, 2.05) is 13.8 Å². The molecule has 0 bridgehead atoms. The lowest BCUT2D eigenvalue weighted by molar-refractivity contribution is 0.510. The highest BCUT2D eigenvalue weighted by Crippen LogP contribution is 1.81. The van der Waals surface area contributed by atoms with Gasteiger partial charge in [0, 0.05) is 0 Å². The third-order valence-electron chi connectivity index (χ3n) is 0.964. The molecule has 4 heteroatoms. The lowest BCUT2D eigenvalue weighted by Gasteiger charge is -2.00. The summed E-state index contributed by atoms with van der Waals surface area (Å²) < 4.78 is 0. The highest BCUT2D eigenvalue weighted by molar-refractivity contribution is 4.57. The van der Waals surface area contributed by atoms with E-state index in [9.17, 15) is 0 Å². The Bertz CT molecular complexity index is 50.9. The molecule has 0 spiro atoms. The molecule has 1 rings (SSSR count). The van der Waals surface area contributed by atoms with Gasteiger partial charge in [0.15, 0.2) is 0 Å². The first-order valence-corrected chi connectivity index (χ1v) is 3.44. The average Bonchev–Trinajstić information content (AvgIpc) is 2.43. The van der Waals surface area contributed by atoms with Gasteiger partial charge in [-0.3, -0.25) is 0 Å². The molecule has 9 heavy (non-hydrogen) atoms. The third kappa shape index (κ3) is 3.42. The molecule has 1 saturated heterocycles. The normalized spacial score (nSPS) is 19.0. The molecule has 0 radical (unpaired) electrons. The molecule has 4 N–H and O–H groups in total. The topological polar surface area (TPSA) is 48.1 Å². The van der Waals surface area contributed by atoms with E-state index in [4.69, 9.17) is 0 Å². The molecule has 0 aromatic rings. The SMILES string of the molecule is CC.CCC1NNNN1. The Morgan fingerprint density at radius 2 is 1.56 bits per heavy atom. The van der Waals surface area contributed by atoms with Crippen molar-refractivity contribution in [2.24, 2.45) is 0 Å². The predicted octanol–water partition coefficient (Wildman–Crippen LogP) is -0.134. The summed E-state index contributed by atoms with van der Waals surface area (Å²) in [5.41, 5.74) is 11.3. The summed E-state index contributed by atoms with van der Waals surface area (Å²) in [5, 5.41) is 0. The fraction of sp³-hybridized carbons (Fsp3) is 1.00. The standard InChI is InChI=1S/C3H10N4.C2H6/c1-2-3-4-6-7-5-3;1-2/h3-7H,2H2,1H3;1-2H3. The van der Waals surface area contributed by atoms with Gasteiger partial charge in [-0.2, -0.15) is 11.1 Å². The maximum absolute atomic E-state index is 2.93. The van der Waals surface area contributed by atoms with Crippen LogP contribution in [0.3, 0.4) is 0 Å². The Labute approximate surface area is 56.3 Å². The van der Waals surface area contributed by atoms with Crippen LogP contribution in [0.2, 0.25) is 0 Å². The summed E-state index contributed by atoms with van der Waals surface area (Å²) in [4.78, 5) is 0. The van der Waals surface area contributed by atoms with E-state index in [0.717, 1.165) is 6.42 Å². The van der Waals surface area contributed by atoms with Gasteiger partial charge in [-0.05, 0) is 6.42 Å². The van der Waals surface area contributed by atoms with Crippen LogP contribution in [0.1, 0.15) is 27.2 Å². The van der Waals surface area contributed by atoms with Crippen LogP contribution < -0.4 is 21.9 Å². The molecule has 0 unspecified atom stereocenters. The lowest BCUT2D eigenvalue weighted by atomic mass is 10.4. The van der Waals surface area contributed by atoms with Crippen LogP contribution in [0, 0.1) is 0 Å². The number of hydrogen-bond acceptors (Lipinski definition) is 4. The van der Waals surface area contributed by atoms with E-state index in [1.54, 1.807) is 0 Å². The molecule has 0 amide bonds. The Morgan fingerprint density at radius 3 is 1.78 bits per heavy atom. The van der Waals surface area contributed by atoms with E-state index in [-0.39, 0.29) is 0 Å². The molecule has 1 aliphatic heterocycles. The fourth-order valence-electron chi connectivity index (χ4n) is 0.487. The van der Waals surface area contributed by atoms with Crippen LogP contribution in [-0.2, 0) is 0 Å². The largest absolute Gasteiger partial charge is 0.225 e. The van der Waals surface area contributed by atoms with E-state index < -0.39 is 0 Å². The van der Waals surface area contributed by atoms with Crippen molar-refractivity contribution >= 4 is 0 Å². The minimum absolute atomic E-state index is 0.375. The van der Waals surface area contributed by atoms with Gasteiger partial charge in [-0.15, -0.1) is 0 Å². The van der Waals surface area contributed by atoms with Gasteiger partial charge in [0.1, 0.15) is 0 Å². The maximum Gasteiger partial charge on any atom is 0.0856 e. The van der Waals surface area contributed by atoms with Crippen molar-refractivity contribution in [1.29, 1.82) is 0 Å². The summed E-state index contributed by atoms with van der Waals surface area (Å²) >= 11 is 0. The molecule has 0 aliphatic carbocycles. The summed E-state index contributed by atoms with van der Waals surface area (Å²) in [6, 6.07) is 0. The number of hydrazine groups is 3. The lowest BCUT2D eigenvalue weighted by Crippen LogP contribution is -2.33. The van der Waals surface area contributed by atoms with E-state index in [2.05, 4.69) is 28.8 Å². The molecule has 4 nitrogen and oxygen atoms in total. The molecule has 0 atom stereocenters. The zero-order chi connectivity index (χ0) is 7.11. The molecule has 1 heterocycles. The van der Waals surface area contributed by atoms with Crippen molar-refractivity contribution in [1.82, 2.24) is 21.9 Å². The Kier molecular flexibility index (Phi) is 5.86. The van der Waals surface area contributed by atoms with Gasteiger partial charge in [0.2, 0.25) is 0 Å². The molecule has 1 aliphatic rings. The van der Waals surface area contributed by atoms with Gasteiger partial charge in [-0.25, -0.2) is 10.9 Å². The number of nitrogens with one attached hydrogen (secondary N) is 4.